The van der Waals surface area contributed by atoms with Crippen LogP contribution >= 0.6 is 0 Å². The van der Waals surface area contributed by atoms with Crippen LogP contribution in [0.3, 0.4) is 0 Å². The standard InChI is InChI=1S/C19H23N3O4/c1-12-15(16(21-26-12)19(2,3)4)17(23)20-10-14-11-22(18(24)25-14)13-8-6-5-7-9-13/h5-9,14H,10-11H2,1-4H3,(H,20,23). The van der Waals surface area contributed by atoms with Crippen LogP contribution in [0.2, 0.25) is 0 Å². The summed E-state index contributed by atoms with van der Waals surface area (Å²) in [4.78, 5) is 26.2. The summed E-state index contributed by atoms with van der Waals surface area (Å²) < 4.78 is 10.6. The molecule has 1 aliphatic rings. The molecular formula is C19H23N3O4. The maximum atomic E-state index is 12.6. The first-order valence-corrected chi connectivity index (χ1v) is 8.55. The molecule has 3 rings (SSSR count). The van der Waals surface area contributed by atoms with Gasteiger partial charge in [0.05, 0.1) is 13.1 Å². The van der Waals surface area contributed by atoms with Crippen molar-refractivity contribution in [3.05, 3.63) is 47.3 Å². The van der Waals surface area contributed by atoms with Gasteiger partial charge in [-0.15, -0.1) is 0 Å². The first-order valence-electron chi connectivity index (χ1n) is 8.55. The predicted molar refractivity (Wildman–Crippen MR) is 96.3 cm³/mol. The van der Waals surface area contributed by atoms with E-state index in [1.54, 1.807) is 11.8 Å². The number of hydrogen-bond acceptors (Lipinski definition) is 5. The molecule has 138 valence electrons. The fourth-order valence-electron chi connectivity index (χ4n) is 2.89. The highest BCUT2D eigenvalue weighted by Gasteiger charge is 2.34. The number of para-hydroxylation sites is 1. The first-order chi connectivity index (χ1) is 12.3. The maximum Gasteiger partial charge on any atom is 0.414 e. The van der Waals surface area contributed by atoms with Gasteiger partial charge in [-0.2, -0.15) is 0 Å². The summed E-state index contributed by atoms with van der Waals surface area (Å²) in [6, 6.07) is 9.30. The van der Waals surface area contributed by atoms with Crippen molar-refractivity contribution in [1.29, 1.82) is 0 Å². The molecule has 1 saturated heterocycles. The highest BCUT2D eigenvalue weighted by atomic mass is 16.6. The Hall–Kier alpha value is -2.83. The Morgan fingerprint density at radius 2 is 2.00 bits per heavy atom. The van der Waals surface area contributed by atoms with Gasteiger partial charge >= 0.3 is 6.09 Å². The van der Waals surface area contributed by atoms with Crippen LogP contribution < -0.4 is 10.2 Å². The van der Waals surface area contributed by atoms with E-state index in [1.807, 2.05) is 51.1 Å². The average Bonchev–Trinajstić information content (AvgIpc) is 3.16. The molecule has 0 bridgehead atoms. The zero-order chi connectivity index (χ0) is 18.9. The lowest BCUT2D eigenvalue weighted by molar-refractivity contribution is 0.0912. The van der Waals surface area contributed by atoms with Crippen molar-refractivity contribution in [2.45, 2.75) is 39.2 Å². The molecule has 1 aliphatic heterocycles. The monoisotopic (exact) mass is 357 g/mol. The molecule has 7 heteroatoms. The van der Waals surface area contributed by atoms with Crippen LogP contribution in [-0.2, 0) is 10.2 Å². The lowest BCUT2D eigenvalue weighted by Crippen LogP contribution is -2.35. The number of amides is 2. The van der Waals surface area contributed by atoms with Crippen molar-refractivity contribution in [2.75, 3.05) is 18.0 Å². The van der Waals surface area contributed by atoms with Crippen LogP contribution in [-0.4, -0.2) is 36.4 Å². The predicted octanol–water partition coefficient (Wildman–Crippen LogP) is 3.04. The highest BCUT2D eigenvalue weighted by molar-refractivity contribution is 5.96. The Kier molecular flexibility index (Phi) is 4.71. The molecular weight excluding hydrogens is 334 g/mol. The number of aryl methyl sites for hydroxylation is 1. The number of hydrogen-bond donors (Lipinski definition) is 1. The summed E-state index contributed by atoms with van der Waals surface area (Å²) >= 11 is 0. The molecule has 26 heavy (non-hydrogen) atoms. The van der Waals surface area contributed by atoms with E-state index in [4.69, 9.17) is 9.26 Å². The van der Waals surface area contributed by atoms with Gasteiger partial charge < -0.3 is 14.6 Å². The van der Waals surface area contributed by atoms with Gasteiger partial charge in [0, 0.05) is 11.1 Å². The van der Waals surface area contributed by atoms with E-state index in [1.165, 1.54) is 0 Å². The number of rotatable bonds is 4. The van der Waals surface area contributed by atoms with Gasteiger partial charge in [0.25, 0.3) is 5.91 Å². The largest absolute Gasteiger partial charge is 0.442 e. The lowest BCUT2D eigenvalue weighted by Gasteiger charge is -2.17. The number of benzene rings is 1. The number of aromatic nitrogens is 1. The van der Waals surface area contributed by atoms with E-state index >= 15 is 0 Å². The first kappa shape index (κ1) is 18.0. The molecule has 0 saturated carbocycles. The average molecular weight is 357 g/mol. The van der Waals surface area contributed by atoms with Crippen molar-refractivity contribution >= 4 is 17.7 Å². The van der Waals surface area contributed by atoms with Crippen LogP contribution in [0.4, 0.5) is 10.5 Å². The van der Waals surface area contributed by atoms with Crippen LogP contribution in [0, 0.1) is 6.92 Å². The number of cyclic esters (lactones) is 1. The second-order valence-electron chi connectivity index (χ2n) is 7.37. The van der Waals surface area contributed by atoms with Gasteiger partial charge in [-0.05, 0) is 19.1 Å². The Balaban J connectivity index is 1.65. The van der Waals surface area contributed by atoms with Crippen LogP contribution in [0.25, 0.3) is 0 Å². The van der Waals surface area contributed by atoms with E-state index in [0.717, 1.165) is 5.69 Å². The normalized spacial score (nSPS) is 17.3. The van der Waals surface area contributed by atoms with Crippen molar-refractivity contribution in [3.8, 4) is 0 Å². The zero-order valence-electron chi connectivity index (χ0n) is 15.4. The molecule has 1 aromatic heterocycles. The van der Waals surface area contributed by atoms with Crippen molar-refractivity contribution in [2.24, 2.45) is 0 Å². The smallest absolute Gasteiger partial charge is 0.414 e. The molecule has 0 aliphatic carbocycles. The summed E-state index contributed by atoms with van der Waals surface area (Å²) in [5, 5.41) is 6.85. The third kappa shape index (κ3) is 3.56. The summed E-state index contributed by atoms with van der Waals surface area (Å²) in [5.41, 5.74) is 1.52. The number of anilines is 1. The molecule has 2 amide bonds. The minimum absolute atomic E-state index is 0.224. The number of nitrogens with zero attached hydrogens (tertiary/aromatic N) is 2. The third-order valence-electron chi connectivity index (χ3n) is 4.23. The van der Waals surface area contributed by atoms with Crippen molar-refractivity contribution in [1.82, 2.24) is 10.5 Å². The SMILES string of the molecule is Cc1onc(C(C)(C)C)c1C(=O)NCC1CN(c2ccccc2)C(=O)O1. The van der Waals surface area contributed by atoms with E-state index in [-0.39, 0.29) is 17.9 Å². The van der Waals surface area contributed by atoms with E-state index in [9.17, 15) is 9.59 Å². The quantitative estimate of drug-likeness (QED) is 0.909. The molecule has 2 aromatic rings. The maximum absolute atomic E-state index is 12.6. The molecule has 1 aromatic carbocycles. The molecule has 0 spiro atoms. The Morgan fingerprint density at radius 3 is 2.65 bits per heavy atom. The van der Waals surface area contributed by atoms with Crippen LogP contribution in [0.1, 0.15) is 42.6 Å². The zero-order valence-corrected chi connectivity index (χ0v) is 15.4. The highest BCUT2D eigenvalue weighted by Crippen LogP contribution is 2.27. The van der Waals surface area contributed by atoms with E-state index in [2.05, 4.69) is 10.5 Å². The topological polar surface area (TPSA) is 84.7 Å². The number of nitrogens with one attached hydrogen (secondary N) is 1. The van der Waals surface area contributed by atoms with Crippen LogP contribution in [0.15, 0.2) is 34.9 Å². The molecule has 1 fully saturated rings. The Morgan fingerprint density at radius 1 is 1.31 bits per heavy atom. The molecule has 0 radical (unpaired) electrons. The van der Waals surface area contributed by atoms with Gasteiger partial charge in [0.1, 0.15) is 23.1 Å². The van der Waals surface area contributed by atoms with E-state index in [0.29, 0.717) is 23.6 Å². The Bertz CT molecular complexity index is 808. The van der Waals surface area contributed by atoms with Gasteiger partial charge in [-0.3, -0.25) is 9.69 Å². The number of carbonyl (C=O) groups is 2. The van der Waals surface area contributed by atoms with Crippen LogP contribution in [0.5, 0.6) is 0 Å². The van der Waals surface area contributed by atoms with Gasteiger partial charge in [0.2, 0.25) is 0 Å². The second-order valence-corrected chi connectivity index (χ2v) is 7.37. The molecule has 1 N–H and O–H groups in total. The number of carbonyl (C=O) groups excluding carboxylic acids is 2. The molecule has 2 heterocycles. The second kappa shape index (κ2) is 6.82. The fraction of sp³-hybridized carbons (Fsp3) is 0.421. The van der Waals surface area contributed by atoms with Gasteiger partial charge in [-0.1, -0.05) is 44.1 Å². The Labute approximate surface area is 152 Å². The molecule has 1 unspecified atom stereocenters. The van der Waals surface area contributed by atoms with Crippen molar-refractivity contribution in [3.63, 3.8) is 0 Å². The molecule has 1 atom stereocenters. The van der Waals surface area contributed by atoms with E-state index < -0.39 is 12.2 Å². The fourth-order valence-corrected chi connectivity index (χ4v) is 2.89. The van der Waals surface area contributed by atoms with Gasteiger partial charge in [-0.25, -0.2) is 4.79 Å². The summed E-state index contributed by atoms with van der Waals surface area (Å²) in [6.45, 7) is 8.23. The van der Waals surface area contributed by atoms with Crippen molar-refractivity contribution < 1.29 is 18.8 Å². The minimum atomic E-state index is -0.412. The summed E-state index contributed by atoms with van der Waals surface area (Å²) in [6.07, 6.45) is -0.822. The third-order valence-corrected chi connectivity index (χ3v) is 4.23. The summed E-state index contributed by atoms with van der Waals surface area (Å²) in [5.74, 6) is 0.199. The minimum Gasteiger partial charge on any atom is -0.442 e. The number of ether oxygens (including phenoxy) is 1. The van der Waals surface area contributed by atoms with Gasteiger partial charge in [0.15, 0.2) is 0 Å². The summed E-state index contributed by atoms with van der Waals surface area (Å²) in [7, 11) is 0. The molecule has 7 nitrogen and oxygen atoms in total. The lowest BCUT2D eigenvalue weighted by atomic mass is 9.88.